The number of rotatable bonds is 4. The van der Waals surface area contributed by atoms with Crippen LogP contribution in [0.2, 0.25) is 0 Å². The predicted molar refractivity (Wildman–Crippen MR) is 101 cm³/mol. The topological polar surface area (TPSA) is 68.3 Å². The van der Waals surface area contributed by atoms with Crippen molar-refractivity contribution in [2.24, 2.45) is 0 Å². The van der Waals surface area contributed by atoms with Crippen LogP contribution in [0.5, 0.6) is 5.75 Å². The summed E-state index contributed by atoms with van der Waals surface area (Å²) >= 11 is 0. The van der Waals surface area contributed by atoms with Crippen molar-refractivity contribution in [3.05, 3.63) is 66.9 Å². The molecule has 3 aromatic rings. The summed E-state index contributed by atoms with van der Waals surface area (Å²) in [5, 5.41) is 21.6. The first kappa shape index (κ1) is 19.7. The molecule has 0 fully saturated rings. The molecule has 0 aliphatic rings. The van der Waals surface area contributed by atoms with Gasteiger partial charge in [0.05, 0.1) is 6.61 Å². The van der Waals surface area contributed by atoms with Crippen molar-refractivity contribution in [2.45, 2.75) is 26.3 Å². The SMILES string of the molecule is CCNC(CC)CO.Oc1ccccc1.c1ccc2[nH]ccc2c1. The van der Waals surface area contributed by atoms with E-state index in [2.05, 4.69) is 35.4 Å². The number of phenolic OH excluding ortho intramolecular Hbond substituents is 1. The van der Waals surface area contributed by atoms with Gasteiger partial charge in [-0.3, -0.25) is 0 Å². The van der Waals surface area contributed by atoms with E-state index in [1.54, 1.807) is 24.3 Å². The van der Waals surface area contributed by atoms with E-state index in [1.165, 1.54) is 10.9 Å². The summed E-state index contributed by atoms with van der Waals surface area (Å²) < 4.78 is 0. The molecular formula is C20H28N2O2. The molecule has 2 aromatic carbocycles. The Morgan fingerprint density at radius 3 is 2.08 bits per heavy atom. The van der Waals surface area contributed by atoms with E-state index >= 15 is 0 Å². The van der Waals surface area contributed by atoms with Gasteiger partial charge in [-0.05, 0) is 42.6 Å². The van der Waals surface area contributed by atoms with Gasteiger partial charge in [-0.25, -0.2) is 0 Å². The highest BCUT2D eigenvalue weighted by molar-refractivity contribution is 5.78. The number of fused-ring (bicyclic) bond motifs is 1. The Morgan fingerprint density at radius 1 is 0.958 bits per heavy atom. The molecule has 0 bridgehead atoms. The van der Waals surface area contributed by atoms with Crippen molar-refractivity contribution >= 4 is 10.9 Å². The molecule has 4 heteroatoms. The summed E-state index contributed by atoms with van der Waals surface area (Å²) in [6.07, 6.45) is 2.95. The fourth-order valence-electron chi connectivity index (χ4n) is 2.05. The van der Waals surface area contributed by atoms with Gasteiger partial charge in [-0.2, -0.15) is 0 Å². The number of aliphatic hydroxyl groups is 1. The smallest absolute Gasteiger partial charge is 0.115 e. The van der Waals surface area contributed by atoms with Gasteiger partial charge in [0.2, 0.25) is 0 Å². The molecule has 0 saturated carbocycles. The van der Waals surface area contributed by atoms with Crippen LogP contribution in [0, 0.1) is 0 Å². The lowest BCUT2D eigenvalue weighted by atomic mass is 10.2. The molecule has 1 atom stereocenters. The van der Waals surface area contributed by atoms with E-state index in [0.717, 1.165) is 13.0 Å². The van der Waals surface area contributed by atoms with Crippen molar-refractivity contribution in [2.75, 3.05) is 13.2 Å². The number of aromatic nitrogens is 1. The van der Waals surface area contributed by atoms with Crippen LogP contribution in [0.25, 0.3) is 10.9 Å². The number of para-hydroxylation sites is 2. The Kier molecular flexibility index (Phi) is 10.0. The first-order valence-corrected chi connectivity index (χ1v) is 8.31. The number of phenols is 1. The number of benzene rings is 2. The molecule has 0 aliphatic carbocycles. The second-order valence-corrected chi connectivity index (χ2v) is 5.25. The van der Waals surface area contributed by atoms with Crippen molar-refractivity contribution < 1.29 is 10.2 Å². The normalized spacial score (nSPS) is 11.0. The molecule has 4 nitrogen and oxygen atoms in total. The Labute approximate surface area is 144 Å². The number of hydrogen-bond donors (Lipinski definition) is 4. The molecule has 0 spiro atoms. The van der Waals surface area contributed by atoms with Crippen LogP contribution >= 0.6 is 0 Å². The van der Waals surface area contributed by atoms with Crippen molar-refractivity contribution in [1.82, 2.24) is 10.3 Å². The first-order chi connectivity index (χ1) is 11.7. The van der Waals surface area contributed by atoms with E-state index in [-0.39, 0.29) is 6.61 Å². The van der Waals surface area contributed by atoms with Gasteiger partial charge in [-0.1, -0.05) is 50.2 Å². The van der Waals surface area contributed by atoms with E-state index in [1.807, 2.05) is 31.3 Å². The van der Waals surface area contributed by atoms with Crippen molar-refractivity contribution in [3.8, 4) is 5.75 Å². The summed E-state index contributed by atoms with van der Waals surface area (Å²) in [7, 11) is 0. The molecule has 1 heterocycles. The highest BCUT2D eigenvalue weighted by Gasteiger charge is 1.98. The molecule has 0 saturated heterocycles. The fraction of sp³-hybridized carbons (Fsp3) is 0.300. The number of likely N-dealkylation sites (N-methyl/N-ethyl adjacent to an activating group) is 1. The zero-order valence-electron chi connectivity index (χ0n) is 14.4. The molecule has 0 amide bonds. The Hall–Kier alpha value is -2.30. The van der Waals surface area contributed by atoms with Gasteiger partial charge < -0.3 is 20.5 Å². The van der Waals surface area contributed by atoms with E-state index in [0.29, 0.717) is 11.8 Å². The average Bonchev–Trinajstić information content (AvgIpc) is 3.10. The van der Waals surface area contributed by atoms with Crippen LogP contribution in [-0.4, -0.2) is 34.4 Å². The highest BCUT2D eigenvalue weighted by Crippen LogP contribution is 2.09. The third-order valence-corrected chi connectivity index (χ3v) is 3.42. The van der Waals surface area contributed by atoms with Gasteiger partial charge in [0.15, 0.2) is 0 Å². The lowest BCUT2D eigenvalue weighted by molar-refractivity contribution is 0.241. The standard InChI is InChI=1S/C8H7N.C6H15NO.C6H6O/c1-2-4-8-7(3-1)5-6-9-8;1-3-6(5-8)7-4-2;7-6-4-2-1-3-5-6/h1-6,9H;6-8H,3-5H2,1-2H3;1-5,7H. The molecule has 1 aromatic heterocycles. The number of H-pyrrole nitrogens is 1. The highest BCUT2D eigenvalue weighted by atomic mass is 16.3. The largest absolute Gasteiger partial charge is 0.508 e. The molecule has 0 radical (unpaired) electrons. The first-order valence-electron chi connectivity index (χ1n) is 8.31. The van der Waals surface area contributed by atoms with Gasteiger partial charge >= 0.3 is 0 Å². The van der Waals surface area contributed by atoms with Gasteiger partial charge in [0.1, 0.15) is 5.75 Å². The number of hydrogen-bond acceptors (Lipinski definition) is 3. The summed E-state index contributed by atoms with van der Waals surface area (Å²) in [4.78, 5) is 3.12. The second-order valence-electron chi connectivity index (χ2n) is 5.25. The van der Waals surface area contributed by atoms with E-state index in [4.69, 9.17) is 10.2 Å². The number of aromatic amines is 1. The van der Waals surface area contributed by atoms with Crippen LogP contribution in [0.4, 0.5) is 0 Å². The van der Waals surface area contributed by atoms with Crippen molar-refractivity contribution in [3.63, 3.8) is 0 Å². The number of nitrogens with one attached hydrogen (secondary N) is 2. The summed E-state index contributed by atoms with van der Waals surface area (Å²) in [6, 6.07) is 19.3. The Bertz CT molecular complexity index is 619. The summed E-state index contributed by atoms with van der Waals surface area (Å²) in [6.45, 7) is 5.30. The lowest BCUT2D eigenvalue weighted by Gasteiger charge is -2.10. The predicted octanol–water partition coefficient (Wildman–Crippen LogP) is 3.93. The van der Waals surface area contributed by atoms with Crippen LogP contribution in [0.1, 0.15) is 20.3 Å². The summed E-state index contributed by atoms with van der Waals surface area (Å²) in [5.41, 5.74) is 1.21. The zero-order valence-corrected chi connectivity index (χ0v) is 14.4. The Balaban J connectivity index is 0.000000182. The maximum atomic E-state index is 8.63. The molecule has 24 heavy (non-hydrogen) atoms. The molecule has 4 N–H and O–H groups in total. The van der Waals surface area contributed by atoms with Gasteiger partial charge in [0, 0.05) is 17.8 Å². The number of aliphatic hydroxyl groups excluding tert-OH is 1. The van der Waals surface area contributed by atoms with Crippen LogP contribution in [0.3, 0.4) is 0 Å². The maximum Gasteiger partial charge on any atom is 0.115 e. The van der Waals surface area contributed by atoms with Crippen molar-refractivity contribution in [1.29, 1.82) is 0 Å². The molecule has 130 valence electrons. The van der Waals surface area contributed by atoms with Crippen LogP contribution < -0.4 is 5.32 Å². The van der Waals surface area contributed by atoms with Crippen LogP contribution in [-0.2, 0) is 0 Å². The molecule has 1 unspecified atom stereocenters. The second kappa shape index (κ2) is 12.2. The monoisotopic (exact) mass is 328 g/mol. The third kappa shape index (κ3) is 7.81. The zero-order chi connectivity index (χ0) is 17.6. The summed E-state index contributed by atoms with van der Waals surface area (Å²) in [5.74, 6) is 0.322. The minimum Gasteiger partial charge on any atom is -0.508 e. The molecule has 3 rings (SSSR count). The Morgan fingerprint density at radius 2 is 1.62 bits per heavy atom. The van der Waals surface area contributed by atoms with E-state index in [9.17, 15) is 0 Å². The maximum absolute atomic E-state index is 8.63. The van der Waals surface area contributed by atoms with Crippen LogP contribution in [0.15, 0.2) is 66.9 Å². The molecular weight excluding hydrogens is 300 g/mol. The quantitative estimate of drug-likeness (QED) is 0.587. The minimum atomic E-state index is 0.254. The lowest BCUT2D eigenvalue weighted by Crippen LogP contribution is -2.31. The minimum absolute atomic E-state index is 0.254. The van der Waals surface area contributed by atoms with E-state index < -0.39 is 0 Å². The third-order valence-electron chi connectivity index (χ3n) is 3.42. The van der Waals surface area contributed by atoms with Gasteiger partial charge in [-0.15, -0.1) is 0 Å². The average molecular weight is 328 g/mol. The van der Waals surface area contributed by atoms with Gasteiger partial charge in [0.25, 0.3) is 0 Å². The fourth-order valence-corrected chi connectivity index (χ4v) is 2.05. The molecule has 0 aliphatic heterocycles. The number of aromatic hydroxyl groups is 1.